The summed E-state index contributed by atoms with van der Waals surface area (Å²) in [6.45, 7) is 12.3. The lowest BCUT2D eigenvalue weighted by Gasteiger charge is -2.29. The number of anilines is 2. The van der Waals surface area contributed by atoms with Crippen molar-refractivity contribution < 1.29 is 14.3 Å². The van der Waals surface area contributed by atoms with Crippen LogP contribution in [0.1, 0.15) is 19.4 Å². The van der Waals surface area contributed by atoms with Gasteiger partial charge in [0.05, 0.1) is 6.57 Å². The summed E-state index contributed by atoms with van der Waals surface area (Å²) in [6.07, 6.45) is 0. The van der Waals surface area contributed by atoms with Gasteiger partial charge in [0.2, 0.25) is 0 Å². The molecule has 0 atom stereocenters. The van der Waals surface area contributed by atoms with Gasteiger partial charge < -0.3 is 10.0 Å². The van der Waals surface area contributed by atoms with E-state index in [4.69, 9.17) is 18.8 Å². The number of rotatable bonds is 2. The zero-order valence-electron chi connectivity index (χ0n) is 14.4. The molecular formula is C19H16FN3O2S. The lowest BCUT2D eigenvalue weighted by atomic mass is 10.0. The molecule has 2 aromatic carbocycles. The summed E-state index contributed by atoms with van der Waals surface area (Å²) in [5.41, 5.74) is 1.14. The molecule has 1 aliphatic rings. The minimum absolute atomic E-state index is 0.208. The molecule has 7 heteroatoms. The van der Waals surface area contributed by atoms with E-state index < -0.39 is 17.1 Å². The van der Waals surface area contributed by atoms with Crippen molar-refractivity contribution in [3.8, 4) is 5.75 Å². The SMILES string of the molecule is [C-]#[N+]c1ccc(N2C(=O)C(C)(C)N(c3ccc(O)c(F)c3)C2=S)cc1C. The molecular weight excluding hydrogens is 353 g/mol. The average Bonchev–Trinajstić information content (AvgIpc) is 2.75. The Labute approximate surface area is 156 Å². The Bertz CT molecular complexity index is 981. The van der Waals surface area contributed by atoms with Gasteiger partial charge in [-0.2, -0.15) is 0 Å². The molecule has 3 rings (SSSR count). The Morgan fingerprint density at radius 3 is 2.42 bits per heavy atom. The van der Waals surface area contributed by atoms with Gasteiger partial charge in [0.1, 0.15) is 5.54 Å². The Kier molecular flexibility index (Phi) is 4.17. The first-order chi connectivity index (χ1) is 12.2. The highest BCUT2D eigenvalue weighted by atomic mass is 32.1. The second kappa shape index (κ2) is 6.07. The monoisotopic (exact) mass is 369 g/mol. The summed E-state index contributed by atoms with van der Waals surface area (Å²) in [5, 5.41) is 9.62. The number of nitrogens with zero attached hydrogens (tertiary/aromatic N) is 3. The van der Waals surface area contributed by atoms with Crippen molar-refractivity contribution in [3.05, 3.63) is 59.2 Å². The summed E-state index contributed by atoms with van der Waals surface area (Å²) in [6, 6.07) is 8.93. The van der Waals surface area contributed by atoms with Gasteiger partial charge in [-0.3, -0.25) is 9.69 Å². The first-order valence-corrected chi connectivity index (χ1v) is 8.24. The maximum absolute atomic E-state index is 13.8. The van der Waals surface area contributed by atoms with Gasteiger partial charge in [-0.1, -0.05) is 6.07 Å². The maximum atomic E-state index is 13.8. The number of aromatic hydroxyl groups is 1. The number of halogens is 1. The van der Waals surface area contributed by atoms with Crippen LogP contribution in [-0.4, -0.2) is 21.7 Å². The molecule has 0 saturated carbocycles. The lowest BCUT2D eigenvalue weighted by molar-refractivity contribution is -0.120. The van der Waals surface area contributed by atoms with Crippen LogP contribution in [0, 0.1) is 19.3 Å². The molecule has 1 fully saturated rings. The summed E-state index contributed by atoms with van der Waals surface area (Å²) in [4.78, 5) is 19.4. The van der Waals surface area contributed by atoms with Crippen LogP contribution in [0.3, 0.4) is 0 Å². The van der Waals surface area contributed by atoms with E-state index in [1.54, 1.807) is 43.9 Å². The highest BCUT2D eigenvalue weighted by molar-refractivity contribution is 7.81. The molecule has 26 heavy (non-hydrogen) atoms. The zero-order chi connectivity index (χ0) is 19.2. The number of hydrogen-bond donors (Lipinski definition) is 1. The first-order valence-electron chi connectivity index (χ1n) is 7.84. The van der Waals surface area contributed by atoms with E-state index in [2.05, 4.69) is 4.85 Å². The van der Waals surface area contributed by atoms with Gasteiger partial charge in [0, 0.05) is 17.4 Å². The van der Waals surface area contributed by atoms with Crippen molar-refractivity contribution in [2.24, 2.45) is 0 Å². The molecule has 0 aromatic heterocycles. The van der Waals surface area contributed by atoms with Gasteiger partial charge in [0.25, 0.3) is 5.91 Å². The van der Waals surface area contributed by atoms with Crippen LogP contribution >= 0.6 is 12.2 Å². The third-order valence-corrected chi connectivity index (χ3v) is 4.78. The van der Waals surface area contributed by atoms with Gasteiger partial charge in [-0.15, -0.1) is 0 Å². The second-order valence-corrected chi connectivity index (χ2v) is 6.90. The number of phenolic OH excluding ortho intramolecular Hbond substituents is 1. The molecule has 5 nitrogen and oxygen atoms in total. The third kappa shape index (κ3) is 2.59. The fraction of sp³-hybridized carbons (Fsp3) is 0.211. The summed E-state index contributed by atoms with van der Waals surface area (Å²) < 4.78 is 13.8. The van der Waals surface area contributed by atoms with Crippen molar-refractivity contribution in [1.29, 1.82) is 0 Å². The number of amides is 1. The standard InChI is InChI=1S/C19H16FN3O2S/c1-11-9-12(5-7-15(11)21-4)22-17(25)19(2,3)23(18(22)26)13-6-8-16(24)14(20)10-13/h5-10,24H,1-3H3. The fourth-order valence-electron chi connectivity index (χ4n) is 3.00. The van der Waals surface area contributed by atoms with E-state index in [1.807, 2.05) is 0 Å². The largest absolute Gasteiger partial charge is 0.505 e. The average molecular weight is 369 g/mol. The Morgan fingerprint density at radius 1 is 1.19 bits per heavy atom. The normalized spacial score (nSPS) is 16.1. The van der Waals surface area contributed by atoms with Crippen LogP contribution in [-0.2, 0) is 4.79 Å². The third-order valence-electron chi connectivity index (χ3n) is 4.42. The summed E-state index contributed by atoms with van der Waals surface area (Å²) in [5.74, 6) is -1.51. The quantitative estimate of drug-likeness (QED) is 0.633. The predicted octanol–water partition coefficient (Wildman–Crippen LogP) is 4.31. The molecule has 0 spiro atoms. The summed E-state index contributed by atoms with van der Waals surface area (Å²) in [7, 11) is 0. The number of phenols is 1. The van der Waals surface area contributed by atoms with Crippen molar-refractivity contribution in [2.75, 3.05) is 9.80 Å². The van der Waals surface area contributed by atoms with E-state index in [0.717, 1.165) is 11.6 Å². The van der Waals surface area contributed by atoms with Gasteiger partial charge in [-0.05, 0) is 62.8 Å². The van der Waals surface area contributed by atoms with E-state index in [1.165, 1.54) is 17.0 Å². The van der Waals surface area contributed by atoms with E-state index >= 15 is 0 Å². The number of hydrogen-bond acceptors (Lipinski definition) is 3. The van der Waals surface area contributed by atoms with Crippen molar-refractivity contribution >= 4 is 40.3 Å². The Morgan fingerprint density at radius 2 is 1.85 bits per heavy atom. The molecule has 1 heterocycles. The van der Waals surface area contributed by atoms with Crippen molar-refractivity contribution in [2.45, 2.75) is 26.3 Å². The van der Waals surface area contributed by atoms with Crippen LogP contribution in [0.2, 0.25) is 0 Å². The fourth-order valence-corrected chi connectivity index (χ4v) is 3.52. The van der Waals surface area contributed by atoms with Gasteiger partial charge in [0.15, 0.2) is 22.4 Å². The van der Waals surface area contributed by atoms with Crippen LogP contribution in [0.5, 0.6) is 5.75 Å². The predicted molar refractivity (Wildman–Crippen MR) is 102 cm³/mol. The highest BCUT2D eigenvalue weighted by Gasteiger charge is 2.50. The molecule has 1 aliphatic heterocycles. The van der Waals surface area contributed by atoms with Crippen LogP contribution in [0.4, 0.5) is 21.5 Å². The number of carbonyl (C=O) groups is 1. The van der Waals surface area contributed by atoms with E-state index in [-0.39, 0.29) is 11.0 Å². The van der Waals surface area contributed by atoms with Crippen LogP contribution in [0.25, 0.3) is 4.85 Å². The lowest BCUT2D eigenvalue weighted by Crippen LogP contribution is -2.44. The van der Waals surface area contributed by atoms with Crippen LogP contribution in [0.15, 0.2) is 36.4 Å². The molecule has 0 radical (unpaired) electrons. The minimum atomic E-state index is -1.03. The zero-order valence-corrected chi connectivity index (χ0v) is 15.3. The number of carbonyl (C=O) groups excluding carboxylic acids is 1. The first kappa shape index (κ1) is 17.8. The van der Waals surface area contributed by atoms with E-state index in [9.17, 15) is 14.3 Å². The topological polar surface area (TPSA) is 48.1 Å². The van der Waals surface area contributed by atoms with Crippen LogP contribution < -0.4 is 9.80 Å². The minimum Gasteiger partial charge on any atom is -0.505 e. The van der Waals surface area contributed by atoms with Crippen molar-refractivity contribution in [3.63, 3.8) is 0 Å². The molecule has 1 N–H and O–H groups in total. The summed E-state index contributed by atoms with van der Waals surface area (Å²) >= 11 is 5.52. The Balaban J connectivity index is 2.09. The number of thiocarbonyl (C=S) groups is 1. The molecule has 0 unspecified atom stereocenters. The van der Waals surface area contributed by atoms with Gasteiger partial charge >= 0.3 is 0 Å². The Hall–Kier alpha value is -2.98. The van der Waals surface area contributed by atoms with E-state index in [0.29, 0.717) is 17.1 Å². The smallest absolute Gasteiger partial charge is 0.259 e. The molecule has 1 amide bonds. The molecule has 0 aliphatic carbocycles. The number of benzene rings is 2. The molecule has 1 saturated heterocycles. The molecule has 132 valence electrons. The number of aryl methyl sites for hydroxylation is 1. The second-order valence-electron chi connectivity index (χ2n) is 6.54. The van der Waals surface area contributed by atoms with Gasteiger partial charge in [-0.25, -0.2) is 9.24 Å². The maximum Gasteiger partial charge on any atom is 0.259 e. The highest BCUT2D eigenvalue weighted by Crippen LogP contribution is 2.38. The van der Waals surface area contributed by atoms with Crippen molar-refractivity contribution in [1.82, 2.24) is 0 Å². The molecule has 2 aromatic rings. The molecule has 0 bridgehead atoms.